The highest BCUT2D eigenvalue weighted by Crippen LogP contribution is 2.26. The van der Waals surface area contributed by atoms with E-state index in [4.69, 9.17) is 9.15 Å². The summed E-state index contributed by atoms with van der Waals surface area (Å²) in [5.74, 6) is 0.970. The first-order chi connectivity index (χ1) is 10.8. The number of amides is 1. The fourth-order valence-corrected chi connectivity index (χ4v) is 3.09. The lowest BCUT2D eigenvalue weighted by atomic mass is 9.90. The van der Waals surface area contributed by atoms with Crippen molar-refractivity contribution in [1.82, 2.24) is 10.2 Å². The zero-order valence-electron chi connectivity index (χ0n) is 15.0. The van der Waals surface area contributed by atoms with E-state index in [0.717, 1.165) is 31.4 Å². The van der Waals surface area contributed by atoms with Crippen LogP contribution < -0.4 is 5.32 Å². The molecule has 5 nitrogen and oxygen atoms in total. The molecule has 130 valence electrons. The van der Waals surface area contributed by atoms with Crippen LogP contribution in [-0.4, -0.2) is 35.7 Å². The SMILES string of the molecule is CC(NC1CCC(N(C)C(=O)OC(C)(C)C)CC1)c1ccco1. The van der Waals surface area contributed by atoms with Gasteiger partial charge in [-0.1, -0.05) is 0 Å². The fourth-order valence-electron chi connectivity index (χ4n) is 3.09. The zero-order chi connectivity index (χ0) is 17.0. The van der Waals surface area contributed by atoms with Crippen molar-refractivity contribution in [1.29, 1.82) is 0 Å². The minimum Gasteiger partial charge on any atom is -0.468 e. The van der Waals surface area contributed by atoms with Crippen molar-refractivity contribution in [2.75, 3.05) is 7.05 Å². The van der Waals surface area contributed by atoms with E-state index in [9.17, 15) is 4.79 Å². The van der Waals surface area contributed by atoms with Gasteiger partial charge in [0.05, 0.1) is 12.3 Å². The molecule has 23 heavy (non-hydrogen) atoms. The second kappa shape index (κ2) is 7.39. The van der Waals surface area contributed by atoms with Crippen LogP contribution >= 0.6 is 0 Å². The quantitative estimate of drug-likeness (QED) is 0.906. The molecule has 0 bridgehead atoms. The largest absolute Gasteiger partial charge is 0.468 e. The van der Waals surface area contributed by atoms with E-state index in [0.29, 0.717) is 6.04 Å². The van der Waals surface area contributed by atoms with Crippen LogP contribution in [0.2, 0.25) is 0 Å². The molecule has 1 aliphatic carbocycles. The molecule has 0 aromatic carbocycles. The molecule has 1 saturated carbocycles. The van der Waals surface area contributed by atoms with Gasteiger partial charge in [0.1, 0.15) is 11.4 Å². The number of nitrogens with zero attached hydrogens (tertiary/aromatic N) is 1. The standard InChI is InChI=1S/C18H30N2O3/c1-13(16-7-6-12-22-16)19-14-8-10-15(11-9-14)20(5)17(21)23-18(2,3)4/h6-7,12-15,19H,8-11H2,1-5H3. The summed E-state index contributed by atoms with van der Waals surface area (Å²) in [6, 6.07) is 4.87. The number of carbonyl (C=O) groups excluding carboxylic acids is 1. The Labute approximate surface area is 139 Å². The van der Waals surface area contributed by atoms with Gasteiger partial charge in [-0.3, -0.25) is 0 Å². The number of furan rings is 1. The molecular formula is C18H30N2O3. The normalized spacial score (nSPS) is 23.3. The molecule has 1 heterocycles. The summed E-state index contributed by atoms with van der Waals surface area (Å²) in [4.78, 5) is 13.9. The number of nitrogens with one attached hydrogen (secondary N) is 1. The van der Waals surface area contributed by atoms with E-state index < -0.39 is 5.60 Å². The van der Waals surface area contributed by atoms with Crippen LogP contribution in [0.4, 0.5) is 4.79 Å². The minimum absolute atomic E-state index is 0.218. The first kappa shape index (κ1) is 17.9. The lowest BCUT2D eigenvalue weighted by molar-refractivity contribution is 0.0178. The van der Waals surface area contributed by atoms with Crippen LogP contribution in [0.3, 0.4) is 0 Å². The van der Waals surface area contributed by atoms with Crippen LogP contribution in [0.5, 0.6) is 0 Å². The highest BCUT2D eigenvalue weighted by molar-refractivity contribution is 5.68. The Hall–Kier alpha value is -1.49. The van der Waals surface area contributed by atoms with Crippen molar-refractivity contribution in [3.63, 3.8) is 0 Å². The molecule has 1 aromatic rings. The monoisotopic (exact) mass is 322 g/mol. The average Bonchev–Trinajstić information content (AvgIpc) is 3.00. The Morgan fingerprint density at radius 3 is 2.52 bits per heavy atom. The Bertz CT molecular complexity index is 485. The molecule has 1 atom stereocenters. The third kappa shape index (κ3) is 5.27. The van der Waals surface area contributed by atoms with Crippen LogP contribution in [0.15, 0.2) is 22.8 Å². The van der Waals surface area contributed by atoms with Gasteiger partial charge in [-0.25, -0.2) is 4.79 Å². The topological polar surface area (TPSA) is 54.7 Å². The van der Waals surface area contributed by atoms with Gasteiger partial charge < -0.3 is 19.4 Å². The van der Waals surface area contributed by atoms with E-state index >= 15 is 0 Å². The van der Waals surface area contributed by atoms with E-state index in [1.807, 2.05) is 40.0 Å². The first-order valence-corrected chi connectivity index (χ1v) is 8.51. The van der Waals surface area contributed by atoms with E-state index in [1.54, 1.807) is 11.2 Å². The van der Waals surface area contributed by atoms with Gasteiger partial charge in [-0.15, -0.1) is 0 Å². The Kier molecular flexibility index (Phi) is 5.74. The van der Waals surface area contributed by atoms with Crippen LogP contribution in [0.1, 0.15) is 65.2 Å². The van der Waals surface area contributed by atoms with Crippen LogP contribution in [-0.2, 0) is 4.74 Å². The number of hydrogen-bond donors (Lipinski definition) is 1. The molecule has 0 saturated heterocycles. The van der Waals surface area contributed by atoms with Gasteiger partial charge in [0.25, 0.3) is 0 Å². The molecule has 1 aromatic heterocycles. The van der Waals surface area contributed by atoms with Gasteiger partial charge >= 0.3 is 6.09 Å². The van der Waals surface area contributed by atoms with Crippen molar-refractivity contribution in [2.24, 2.45) is 0 Å². The van der Waals surface area contributed by atoms with Crippen molar-refractivity contribution >= 4 is 6.09 Å². The van der Waals surface area contributed by atoms with Crippen molar-refractivity contribution in [3.05, 3.63) is 24.2 Å². The smallest absolute Gasteiger partial charge is 0.410 e. The van der Waals surface area contributed by atoms with E-state index in [1.165, 1.54) is 0 Å². The summed E-state index contributed by atoms with van der Waals surface area (Å²) >= 11 is 0. The average molecular weight is 322 g/mol. The summed E-state index contributed by atoms with van der Waals surface area (Å²) in [7, 11) is 1.85. The Balaban J connectivity index is 1.78. The molecule has 1 amide bonds. The van der Waals surface area contributed by atoms with Gasteiger partial charge in [0, 0.05) is 19.1 Å². The van der Waals surface area contributed by atoms with Crippen LogP contribution in [0, 0.1) is 0 Å². The Morgan fingerprint density at radius 1 is 1.35 bits per heavy atom. The maximum atomic E-state index is 12.1. The van der Waals surface area contributed by atoms with Crippen molar-refractivity contribution in [3.8, 4) is 0 Å². The molecular weight excluding hydrogens is 292 g/mol. The van der Waals surface area contributed by atoms with Crippen molar-refractivity contribution in [2.45, 2.75) is 77.1 Å². The summed E-state index contributed by atoms with van der Waals surface area (Å²) in [6.07, 6.45) is 5.60. The number of rotatable bonds is 4. The molecule has 2 rings (SSSR count). The number of carbonyl (C=O) groups is 1. The second-order valence-corrected chi connectivity index (χ2v) is 7.50. The maximum Gasteiger partial charge on any atom is 0.410 e. The third-order valence-corrected chi connectivity index (χ3v) is 4.38. The van der Waals surface area contributed by atoms with E-state index in [2.05, 4.69) is 12.2 Å². The molecule has 1 fully saturated rings. The Morgan fingerprint density at radius 2 is 2.00 bits per heavy atom. The first-order valence-electron chi connectivity index (χ1n) is 8.51. The lowest BCUT2D eigenvalue weighted by Gasteiger charge is -2.36. The third-order valence-electron chi connectivity index (χ3n) is 4.38. The molecule has 0 radical (unpaired) electrons. The molecule has 0 aliphatic heterocycles. The molecule has 5 heteroatoms. The molecule has 0 spiro atoms. The van der Waals surface area contributed by atoms with Crippen molar-refractivity contribution < 1.29 is 13.9 Å². The molecule has 1 aliphatic rings. The summed E-state index contributed by atoms with van der Waals surface area (Å²) in [5, 5.41) is 3.62. The minimum atomic E-state index is -0.442. The highest BCUT2D eigenvalue weighted by Gasteiger charge is 2.29. The fraction of sp³-hybridized carbons (Fsp3) is 0.722. The van der Waals surface area contributed by atoms with Gasteiger partial charge in [-0.2, -0.15) is 0 Å². The maximum absolute atomic E-state index is 12.1. The predicted octanol–water partition coefficient (Wildman–Crippen LogP) is 4.11. The number of ether oxygens (including phenoxy) is 1. The summed E-state index contributed by atoms with van der Waals surface area (Å²) < 4.78 is 10.9. The molecule has 1 N–H and O–H groups in total. The van der Waals surface area contributed by atoms with E-state index in [-0.39, 0.29) is 18.2 Å². The number of hydrogen-bond acceptors (Lipinski definition) is 4. The summed E-state index contributed by atoms with van der Waals surface area (Å²) in [5.41, 5.74) is -0.442. The predicted molar refractivity (Wildman–Crippen MR) is 90.3 cm³/mol. The lowest BCUT2D eigenvalue weighted by Crippen LogP contribution is -2.45. The second-order valence-electron chi connectivity index (χ2n) is 7.50. The van der Waals surface area contributed by atoms with Gasteiger partial charge in [0.2, 0.25) is 0 Å². The zero-order valence-corrected chi connectivity index (χ0v) is 15.0. The van der Waals surface area contributed by atoms with Crippen LogP contribution in [0.25, 0.3) is 0 Å². The summed E-state index contributed by atoms with van der Waals surface area (Å²) in [6.45, 7) is 7.82. The van der Waals surface area contributed by atoms with Gasteiger partial charge in [-0.05, 0) is 65.5 Å². The van der Waals surface area contributed by atoms with Gasteiger partial charge in [0.15, 0.2) is 0 Å². The molecule has 1 unspecified atom stereocenters. The highest BCUT2D eigenvalue weighted by atomic mass is 16.6.